The van der Waals surface area contributed by atoms with Crippen LogP contribution in [0, 0.1) is 5.92 Å². The van der Waals surface area contributed by atoms with Crippen molar-refractivity contribution in [3.8, 4) is 11.5 Å². The molecule has 1 aliphatic rings. The molecule has 0 spiro atoms. The number of ether oxygens (including phenoxy) is 2. The highest BCUT2D eigenvalue weighted by molar-refractivity contribution is 5.97. The first kappa shape index (κ1) is 14.7. The van der Waals surface area contributed by atoms with Crippen LogP contribution in [0.4, 0.5) is 0 Å². The van der Waals surface area contributed by atoms with Crippen LogP contribution in [-0.4, -0.2) is 49.8 Å². The third-order valence-corrected chi connectivity index (χ3v) is 3.58. The first-order chi connectivity index (χ1) is 9.63. The Kier molecular flexibility index (Phi) is 4.84. The van der Waals surface area contributed by atoms with Gasteiger partial charge in [-0.3, -0.25) is 4.79 Å². The van der Waals surface area contributed by atoms with E-state index >= 15 is 0 Å². The number of carbonyl (C=O) groups is 1. The molecule has 1 atom stereocenters. The van der Waals surface area contributed by atoms with Crippen LogP contribution in [0.25, 0.3) is 0 Å². The monoisotopic (exact) mass is 279 g/mol. The van der Waals surface area contributed by atoms with Gasteiger partial charge < -0.3 is 19.5 Å². The van der Waals surface area contributed by atoms with Crippen molar-refractivity contribution < 1.29 is 19.4 Å². The number of phenols is 1. The highest BCUT2D eigenvalue weighted by Crippen LogP contribution is 2.30. The molecule has 5 heteroatoms. The van der Waals surface area contributed by atoms with E-state index in [4.69, 9.17) is 9.47 Å². The van der Waals surface area contributed by atoms with Gasteiger partial charge in [0.25, 0.3) is 5.91 Å². The first-order valence-electron chi connectivity index (χ1n) is 6.82. The van der Waals surface area contributed by atoms with E-state index in [1.807, 2.05) is 0 Å². The summed E-state index contributed by atoms with van der Waals surface area (Å²) in [6, 6.07) is 4.93. The lowest BCUT2D eigenvalue weighted by atomic mass is 10.0. The van der Waals surface area contributed by atoms with Crippen molar-refractivity contribution in [2.75, 3.05) is 33.9 Å². The number of aromatic hydroxyl groups is 1. The Bertz CT molecular complexity index is 469. The van der Waals surface area contributed by atoms with Crippen LogP contribution in [-0.2, 0) is 4.74 Å². The number of nitrogens with zero attached hydrogens (tertiary/aromatic N) is 1. The van der Waals surface area contributed by atoms with Gasteiger partial charge in [-0.15, -0.1) is 0 Å². The van der Waals surface area contributed by atoms with E-state index in [2.05, 4.69) is 0 Å². The molecule has 0 bridgehead atoms. The van der Waals surface area contributed by atoms with Gasteiger partial charge in [-0.1, -0.05) is 6.07 Å². The second-order valence-corrected chi connectivity index (χ2v) is 5.13. The molecular weight excluding hydrogens is 258 g/mol. The second kappa shape index (κ2) is 6.61. The number of carbonyl (C=O) groups excluding carboxylic acids is 1. The molecule has 1 aliphatic heterocycles. The van der Waals surface area contributed by atoms with Gasteiger partial charge in [-0.2, -0.15) is 0 Å². The van der Waals surface area contributed by atoms with Crippen LogP contribution in [0.1, 0.15) is 23.2 Å². The summed E-state index contributed by atoms with van der Waals surface area (Å²) in [7, 11) is 3.21. The van der Waals surface area contributed by atoms with E-state index in [0.29, 0.717) is 24.8 Å². The molecule has 5 nitrogen and oxygen atoms in total. The third kappa shape index (κ3) is 3.22. The Hall–Kier alpha value is -1.75. The fraction of sp³-hybridized carbons (Fsp3) is 0.533. The standard InChI is InChI=1S/C15H21NO4/c1-16(9-11-5-4-8-20-10-11)15(18)12-6-3-7-13(19-2)14(12)17/h3,6-7,11,17H,4-5,8-10H2,1-2H3. The van der Waals surface area contributed by atoms with E-state index in [9.17, 15) is 9.90 Å². The van der Waals surface area contributed by atoms with Crippen LogP contribution in [0.3, 0.4) is 0 Å². The molecule has 0 aromatic heterocycles. The summed E-state index contributed by atoms with van der Waals surface area (Å²) < 4.78 is 10.4. The summed E-state index contributed by atoms with van der Waals surface area (Å²) >= 11 is 0. The lowest BCUT2D eigenvalue weighted by molar-refractivity contribution is 0.0387. The van der Waals surface area contributed by atoms with E-state index < -0.39 is 0 Å². The summed E-state index contributed by atoms with van der Waals surface area (Å²) in [5.74, 6) is 0.370. The maximum absolute atomic E-state index is 12.4. The Labute approximate surface area is 119 Å². The maximum atomic E-state index is 12.4. The normalized spacial score (nSPS) is 18.6. The molecule has 0 saturated carbocycles. The fourth-order valence-electron chi connectivity index (χ4n) is 2.49. The van der Waals surface area contributed by atoms with Crippen molar-refractivity contribution in [3.63, 3.8) is 0 Å². The zero-order valence-corrected chi connectivity index (χ0v) is 12.0. The van der Waals surface area contributed by atoms with E-state index in [-0.39, 0.29) is 17.2 Å². The fourth-order valence-corrected chi connectivity index (χ4v) is 2.49. The molecule has 20 heavy (non-hydrogen) atoms. The number of amides is 1. The van der Waals surface area contributed by atoms with Crippen LogP contribution in [0.15, 0.2) is 18.2 Å². The average Bonchev–Trinajstić information content (AvgIpc) is 2.48. The van der Waals surface area contributed by atoms with E-state index in [0.717, 1.165) is 19.4 Å². The zero-order valence-electron chi connectivity index (χ0n) is 12.0. The molecule has 1 unspecified atom stereocenters. The molecule has 0 radical (unpaired) electrons. The minimum absolute atomic E-state index is 0.105. The molecule has 0 aliphatic carbocycles. The zero-order chi connectivity index (χ0) is 14.5. The number of hydrogen-bond acceptors (Lipinski definition) is 4. The number of methoxy groups -OCH3 is 1. The number of phenolic OH excluding ortho intramolecular Hbond substituents is 1. The van der Waals surface area contributed by atoms with E-state index in [1.165, 1.54) is 7.11 Å². The highest BCUT2D eigenvalue weighted by Gasteiger charge is 2.22. The number of hydrogen-bond donors (Lipinski definition) is 1. The molecule has 110 valence electrons. The minimum Gasteiger partial charge on any atom is -0.504 e. The van der Waals surface area contributed by atoms with Gasteiger partial charge >= 0.3 is 0 Å². The summed E-state index contributed by atoms with van der Waals surface area (Å²) in [5, 5.41) is 10.0. The Morgan fingerprint density at radius 2 is 2.35 bits per heavy atom. The van der Waals surface area contributed by atoms with Gasteiger partial charge in [-0.05, 0) is 30.9 Å². The van der Waals surface area contributed by atoms with Crippen LogP contribution in [0.5, 0.6) is 11.5 Å². The van der Waals surface area contributed by atoms with Crippen molar-refractivity contribution >= 4 is 5.91 Å². The smallest absolute Gasteiger partial charge is 0.257 e. The summed E-state index contributed by atoms with van der Waals surface area (Å²) in [6.45, 7) is 2.14. The number of rotatable bonds is 4. The minimum atomic E-state index is -0.202. The quantitative estimate of drug-likeness (QED) is 0.914. The van der Waals surface area contributed by atoms with Crippen LogP contribution < -0.4 is 4.74 Å². The Morgan fingerprint density at radius 3 is 3.00 bits per heavy atom. The summed E-state index contributed by atoms with van der Waals surface area (Å²) in [5.41, 5.74) is 0.267. The topological polar surface area (TPSA) is 59.0 Å². The van der Waals surface area contributed by atoms with Gasteiger partial charge in [0.05, 0.1) is 19.3 Å². The number of benzene rings is 1. The number of para-hydroxylation sites is 1. The molecule has 1 aromatic rings. The van der Waals surface area contributed by atoms with Gasteiger partial charge in [0, 0.05) is 20.2 Å². The predicted molar refractivity (Wildman–Crippen MR) is 75.2 cm³/mol. The maximum Gasteiger partial charge on any atom is 0.257 e. The van der Waals surface area contributed by atoms with Crippen molar-refractivity contribution in [2.45, 2.75) is 12.8 Å². The predicted octanol–water partition coefficient (Wildman–Crippen LogP) is 1.90. The van der Waals surface area contributed by atoms with Gasteiger partial charge in [-0.25, -0.2) is 0 Å². The Morgan fingerprint density at radius 1 is 1.55 bits per heavy atom. The molecule has 2 rings (SSSR count). The highest BCUT2D eigenvalue weighted by atomic mass is 16.5. The molecule has 1 amide bonds. The second-order valence-electron chi connectivity index (χ2n) is 5.13. The molecule has 1 fully saturated rings. The largest absolute Gasteiger partial charge is 0.504 e. The van der Waals surface area contributed by atoms with Gasteiger partial charge in [0.2, 0.25) is 0 Å². The van der Waals surface area contributed by atoms with Gasteiger partial charge in [0.1, 0.15) is 0 Å². The molecular formula is C15H21NO4. The van der Waals surface area contributed by atoms with E-state index in [1.54, 1.807) is 30.1 Å². The molecule has 1 saturated heterocycles. The van der Waals surface area contributed by atoms with Crippen molar-refractivity contribution in [1.29, 1.82) is 0 Å². The SMILES string of the molecule is COc1cccc(C(=O)N(C)CC2CCCOC2)c1O. The summed E-state index contributed by atoms with van der Waals surface area (Å²) in [6.07, 6.45) is 2.11. The van der Waals surface area contributed by atoms with Crippen LogP contribution >= 0.6 is 0 Å². The lowest BCUT2D eigenvalue weighted by Crippen LogP contribution is -2.35. The first-order valence-corrected chi connectivity index (χ1v) is 6.82. The molecule has 1 N–H and O–H groups in total. The molecule has 1 aromatic carbocycles. The average molecular weight is 279 g/mol. The molecule has 1 heterocycles. The Balaban J connectivity index is 2.06. The van der Waals surface area contributed by atoms with Crippen molar-refractivity contribution in [2.24, 2.45) is 5.92 Å². The lowest BCUT2D eigenvalue weighted by Gasteiger charge is -2.27. The van der Waals surface area contributed by atoms with Crippen LogP contribution in [0.2, 0.25) is 0 Å². The van der Waals surface area contributed by atoms with Gasteiger partial charge in [0.15, 0.2) is 11.5 Å². The van der Waals surface area contributed by atoms with Crippen molar-refractivity contribution in [1.82, 2.24) is 4.90 Å². The third-order valence-electron chi connectivity index (χ3n) is 3.58. The van der Waals surface area contributed by atoms with Crippen molar-refractivity contribution in [3.05, 3.63) is 23.8 Å². The summed E-state index contributed by atoms with van der Waals surface area (Å²) in [4.78, 5) is 14.0.